The number of urea groups is 1. The van der Waals surface area contributed by atoms with E-state index in [0.717, 1.165) is 16.1 Å². The van der Waals surface area contributed by atoms with Gasteiger partial charge in [-0.1, -0.05) is 60.7 Å². The van der Waals surface area contributed by atoms with Crippen LogP contribution in [0.15, 0.2) is 70.9 Å². The first-order valence-corrected chi connectivity index (χ1v) is 9.05. The molecule has 1 N–H and O–H groups in total. The molecule has 0 aliphatic carbocycles. The van der Waals surface area contributed by atoms with Gasteiger partial charge >= 0.3 is 16.2 Å². The highest BCUT2D eigenvalue weighted by Gasteiger charge is 2.21. The number of nitrogens with one attached hydrogen (secondary N) is 1. The van der Waals surface area contributed by atoms with Crippen molar-refractivity contribution in [1.29, 1.82) is 0 Å². The summed E-state index contributed by atoms with van der Waals surface area (Å²) in [6, 6.07) is 17.2. The van der Waals surface area contributed by atoms with Gasteiger partial charge in [-0.2, -0.15) is 23.0 Å². The van der Waals surface area contributed by atoms with Crippen LogP contribution in [0.5, 0.6) is 0 Å². The number of carbonyl (C=O) groups excluding carboxylic acids is 1. The van der Waals surface area contributed by atoms with Crippen LogP contribution in [0.25, 0.3) is 0 Å². The second-order valence-electron chi connectivity index (χ2n) is 5.18. The zero-order valence-electron chi connectivity index (χ0n) is 14.4. The van der Waals surface area contributed by atoms with E-state index < -0.39 is 16.2 Å². The molecule has 9 heteroatoms. The van der Waals surface area contributed by atoms with Crippen molar-refractivity contribution < 1.29 is 13.2 Å². The minimum absolute atomic E-state index is 0.673. The molecule has 2 amide bonds. The van der Waals surface area contributed by atoms with Crippen LogP contribution in [-0.2, 0) is 10.2 Å². The normalized spacial score (nSPS) is 11.6. The summed E-state index contributed by atoms with van der Waals surface area (Å²) in [5.74, 6) is 0. The Morgan fingerprint density at radius 2 is 1.35 bits per heavy atom. The summed E-state index contributed by atoms with van der Waals surface area (Å²) in [4.78, 5) is 12.0. The molecule has 136 valence electrons. The SMILES string of the molecule is CN(/N=C\c1ccccc1)C(=O)NS(=O)(=O)N(C)/N=C\c1ccccc1. The van der Waals surface area contributed by atoms with Crippen molar-refractivity contribution in [3.05, 3.63) is 71.8 Å². The molecule has 0 fully saturated rings. The molecule has 0 unspecified atom stereocenters. The topological polar surface area (TPSA) is 94.4 Å². The fraction of sp³-hybridized carbons (Fsp3) is 0.118. The minimum atomic E-state index is -4.14. The van der Waals surface area contributed by atoms with Crippen LogP contribution in [0.3, 0.4) is 0 Å². The molecule has 8 nitrogen and oxygen atoms in total. The highest BCUT2D eigenvalue weighted by molar-refractivity contribution is 7.87. The van der Waals surface area contributed by atoms with E-state index in [1.807, 2.05) is 29.0 Å². The molecule has 0 aromatic heterocycles. The molecule has 0 saturated heterocycles. The Morgan fingerprint density at radius 1 is 0.885 bits per heavy atom. The van der Waals surface area contributed by atoms with Gasteiger partial charge in [0.1, 0.15) is 0 Å². The molecular weight excluding hydrogens is 354 g/mol. The van der Waals surface area contributed by atoms with Gasteiger partial charge in [0.25, 0.3) is 0 Å². The first kappa shape index (κ1) is 19.1. The lowest BCUT2D eigenvalue weighted by Gasteiger charge is -2.17. The summed E-state index contributed by atoms with van der Waals surface area (Å²) in [6.45, 7) is 0. The lowest BCUT2D eigenvalue weighted by atomic mass is 10.2. The molecular formula is C17H19N5O3S. The third-order valence-electron chi connectivity index (χ3n) is 3.21. The molecule has 0 aliphatic rings. The zero-order valence-corrected chi connectivity index (χ0v) is 15.2. The number of nitrogens with zero attached hydrogens (tertiary/aromatic N) is 4. The van der Waals surface area contributed by atoms with Crippen LogP contribution >= 0.6 is 0 Å². The fourth-order valence-corrected chi connectivity index (χ4v) is 2.39. The summed E-state index contributed by atoms with van der Waals surface area (Å²) in [6.07, 6.45) is 2.82. The van der Waals surface area contributed by atoms with Gasteiger partial charge in [-0.15, -0.1) is 0 Å². The molecule has 2 aromatic rings. The molecule has 0 aliphatic heterocycles. The quantitative estimate of drug-likeness (QED) is 0.619. The maximum absolute atomic E-state index is 12.1. The number of hydrogen-bond acceptors (Lipinski definition) is 5. The van der Waals surface area contributed by atoms with Crippen LogP contribution in [0.4, 0.5) is 4.79 Å². The molecule has 26 heavy (non-hydrogen) atoms. The summed E-state index contributed by atoms with van der Waals surface area (Å²) in [7, 11) is -1.57. The summed E-state index contributed by atoms with van der Waals surface area (Å²) < 4.78 is 26.8. The van der Waals surface area contributed by atoms with E-state index in [-0.39, 0.29) is 0 Å². The molecule has 0 atom stereocenters. The van der Waals surface area contributed by atoms with Crippen molar-refractivity contribution in [2.75, 3.05) is 14.1 Å². The number of hydrogen-bond donors (Lipinski definition) is 1. The second kappa shape index (κ2) is 8.77. The van der Waals surface area contributed by atoms with Crippen LogP contribution < -0.4 is 4.72 Å². The van der Waals surface area contributed by atoms with Crippen molar-refractivity contribution in [3.8, 4) is 0 Å². The standard InChI is InChI=1S/C17H19N5O3S/c1-21(18-13-15-9-5-3-6-10-15)17(23)20-26(24,25)22(2)19-14-16-11-7-4-8-12-16/h3-14H,1-2H3,(H,20,23)/b18-13-,19-14-. The molecule has 2 aromatic carbocycles. The van der Waals surface area contributed by atoms with E-state index in [1.165, 1.54) is 26.5 Å². The highest BCUT2D eigenvalue weighted by Crippen LogP contribution is 2.00. The second-order valence-corrected chi connectivity index (χ2v) is 6.86. The molecule has 0 spiro atoms. The number of hydrazone groups is 2. The number of rotatable bonds is 6. The molecule has 0 saturated carbocycles. The van der Waals surface area contributed by atoms with E-state index in [1.54, 1.807) is 36.4 Å². The maximum Gasteiger partial charge on any atom is 0.352 e. The number of amides is 2. The average Bonchev–Trinajstić information content (AvgIpc) is 2.65. The average molecular weight is 373 g/mol. The van der Waals surface area contributed by atoms with Crippen molar-refractivity contribution in [2.24, 2.45) is 10.2 Å². The minimum Gasteiger partial charge on any atom is -0.245 e. The molecule has 2 rings (SSSR count). The van der Waals surface area contributed by atoms with Gasteiger partial charge in [-0.3, -0.25) is 0 Å². The Morgan fingerprint density at radius 3 is 1.85 bits per heavy atom. The van der Waals surface area contributed by atoms with Gasteiger partial charge in [-0.25, -0.2) is 14.5 Å². The van der Waals surface area contributed by atoms with E-state index >= 15 is 0 Å². The molecule has 0 radical (unpaired) electrons. The number of benzene rings is 2. The summed E-state index contributed by atoms with van der Waals surface area (Å²) >= 11 is 0. The Balaban J connectivity index is 1.97. The predicted molar refractivity (Wildman–Crippen MR) is 101 cm³/mol. The Labute approximate surface area is 152 Å². The predicted octanol–water partition coefficient (Wildman–Crippen LogP) is 1.87. The van der Waals surface area contributed by atoms with Crippen LogP contribution in [0.2, 0.25) is 0 Å². The zero-order chi connectivity index (χ0) is 19.0. The van der Waals surface area contributed by atoms with Gasteiger partial charge in [-0.05, 0) is 11.1 Å². The first-order valence-electron chi connectivity index (χ1n) is 7.61. The highest BCUT2D eigenvalue weighted by atomic mass is 32.2. The van der Waals surface area contributed by atoms with Crippen molar-refractivity contribution in [1.82, 2.24) is 14.1 Å². The lowest BCUT2D eigenvalue weighted by Crippen LogP contribution is -2.43. The monoisotopic (exact) mass is 373 g/mol. The van der Waals surface area contributed by atoms with Crippen molar-refractivity contribution in [2.45, 2.75) is 0 Å². The van der Waals surface area contributed by atoms with Crippen LogP contribution in [0.1, 0.15) is 11.1 Å². The van der Waals surface area contributed by atoms with Crippen molar-refractivity contribution >= 4 is 28.7 Å². The summed E-state index contributed by atoms with van der Waals surface area (Å²) in [5.41, 5.74) is 1.50. The summed E-state index contributed by atoms with van der Waals surface area (Å²) in [5, 5.41) is 8.62. The lowest BCUT2D eigenvalue weighted by molar-refractivity contribution is 0.216. The van der Waals surface area contributed by atoms with Gasteiger partial charge in [0.2, 0.25) is 0 Å². The Bertz CT molecular complexity index is 883. The van der Waals surface area contributed by atoms with E-state index in [9.17, 15) is 13.2 Å². The van der Waals surface area contributed by atoms with Crippen molar-refractivity contribution in [3.63, 3.8) is 0 Å². The third-order valence-corrected chi connectivity index (χ3v) is 4.43. The van der Waals surface area contributed by atoms with E-state index in [2.05, 4.69) is 10.2 Å². The largest absolute Gasteiger partial charge is 0.352 e. The van der Waals surface area contributed by atoms with Gasteiger partial charge in [0.15, 0.2) is 0 Å². The van der Waals surface area contributed by atoms with E-state index in [4.69, 9.17) is 0 Å². The Hall–Kier alpha value is -3.20. The third kappa shape index (κ3) is 5.71. The first-order chi connectivity index (χ1) is 12.4. The maximum atomic E-state index is 12.1. The van der Waals surface area contributed by atoms with Gasteiger partial charge in [0, 0.05) is 14.1 Å². The smallest absolute Gasteiger partial charge is 0.245 e. The van der Waals surface area contributed by atoms with E-state index in [0.29, 0.717) is 4.41 Å². The number of carbonyl (C=O) groups is 1. The Kier molecular flexibility index (Phi) is 6.45. The van der Waals surface area contributed by atoms with Gasteiger partial charge < -0.3 is 0 Å². The fourth-order valence-electron chi connectivity index (χ4n) is 1.74. The van der Waals surface area contributed by atoms with Crippen LogP contribution in [0, 0.1) is 0 Å². The van der Waals surface area contributed by atoms with Crippen LogP contribution in [-0.4, -0.2) is 50.4 Å². The van der Waals surface area contributed by atoms with Gasteiger partial charge in [0.05, 0.1) is 12.4 Å². The molecule has 0 heterocycles. The molecule has 0 bridgehead atoms.